The highest BCUT2D eigenvalue weighted by Gasteiger charge is 2.17. The highest BCUT2D eigenvalue weighted by Crippen LogP contribution is 2.33. The van der Waals surface area contributed by atoms with Gasteiger partial charge in [0.05, 0.1) is 11.3 Å². The van der Waals surface area contributed by atoms with Crippen molar-refractivity contribution < 1.29 is 19.1 Å². The number of anilines is 1. The van der Waals surface area contributed by atoms with Crippen molar-refractivity contribution in [2.24, 2.45) is 5.92 Å². The summed E-state index contributed by atoms with van der Waals surface area (Å²) in [7, 11) is 0. The van der Waals surface area contributed by atoms with Crippen LogP contribution in [-0.2, 0) is 4.79 Å². The molecule has 164 valence electrons. The third-order valence-electron chi connectivity index (χ3n) is 5.60. The van der Waals surface area contributed by atoms with Crippen LogP contribution in [-0.4, -0.2) is 37.3 Å². The molecule has 1 aliphatic carbocycles. The lowest BCUT2D eigenvalue weighted by Crippen LogP contribution is -2.31. The van der Waals surface area contributed by atoms with E-state index in [2.05, 4.69) is 10.6 Å². The van der Waals surface area contributed by atoms with Crippen LogP contribution >= 0.6 is 11.8 Å². The third kappa shape index (κ3) is 5.94. The van der Waals surface area contributed by atoms with Gasteiger partial charge in [0, 0.05) is 23.2 Å². The van der Waals surface area contributed by atoms with E-state index in [1.807, 2.05) is 18.2 Å². The molecule has 0 saturated heterocycles. The number of nitrogens with one attached hydrogen (secondary N) is 2. The minimum atomic E-state index is -0.220. The quantitative estimate of drug-likeness (QED) is 0.620. The van der Waals surface area contributed by atoms with Gasteiger partial charge in [0.25, 0.3) is 5.91 Å². The molecule has 1 saturated carbocycles. The second kappa shape index (κ2) is 10.6. The van der Waals surface area contributed by atoms with Gasteiger partial charge in [0.2, 0.25) is 5.91 Å². The van der Waals surface area contributed by atoms with Crippen molar-refractivity contribution >= 4 is 29.3 Å². The average Bonchev–Trinajstić information content (AvgIpc) is 2.82. The number of hydrogen-bond acceptors (Lipinski definition) is 5. The van der Waals surface area contributed by atoms with Gasteiger partial charge in [-0.2, -0.15) is 0 Å². The first-order chi connectivity index (χ1) is 15.2. The normalized spacial score (nSPS) is 15.9. The monoisotopic (exact) mass is 440 g/mol. The van der Waals surface area contributed by atoms with E-state index in [1.54, 1.807) is 24.3 Å². The highest BCUT2D eigenvalue weighted by atomic mass is 32.2. The van der Waals surface area contributed by atoms with Gasteiger partial charge in [0.1, 0.15) is 13.2 Å². The molecule has 0 aromatic heterocycles. The molecule has 2 aromatic carbocycles. The molecule has 1 fully saturated rings. The summed E-state index contributed by atoms with van der Waals surface area (Å²) in [6.45, 7) is 1.77. The topological polar surface area (TPSA) is 76.7 Å². The standard InChI is InChI=1S/C24H28N2O4S/c27-23(25-15-17-6-2-1-3-7-17)16-31-22-9-5-4-8-19(22)24(28)26-18-10-11-20-21(14-18)30-13-12-29-20/h4-5,8-11,14,17H,1-3,6-7,12-13,15-16H2,(H,25,27)(H,26,28). The van der Waals surface area contributed by atoms with E-state index in [1.165, 1.54) is 43.9 Å². The smallest absolute Gasteiger partial charge is 0.256 e. The molecule has 0 bridgehead atoms. The van der Waals surface area contributed by atoms with Gasteiger partial charge in [-0.1, -0.05) is 31.4 Å². The van der Waals surface area contributed by atoms with Gasteiger partial charge >= 0.3 is 0 Å². The third-order valence-corrected chi connectivity index (χ3v) is 6.68. The molecule has 0 spiro atoms. The number of rotatable bonds is 7. The number of ether oxygens (including phenoxy) is 2. The molecule has 2 aromatic rings. The van der Waals surface area contributed by atoms with Crippen LogP contribution in [0.5, 0.6) is 11.5 Å². The zero-order valence-corrected chi connectivity index (χ0v) is 18.3. The average molecular weight is 441 g/mol. The van der Waals surface area contributed by atoms with Gasteiger partial charge in [-0.3, -0.25) is 9.59 Å². The Hall–Kier alpha value is -2.67. The Morgan fingerprint density at radius 2 is 1.74 bits per heavy atom. The SMILES string of the molecule is O=C(CSc1ccccc1C(=O)Nc1ccc2c(c1)OCCO2)NCC1CCCCC1. The van der Waals surface area contributed by atoms with Crippen molar-refractivity contribution in [1.82, 2.24) is 5.32 Å². The first-order valence-corrected chi connectivity index (χ1v) is 11.9. The summed E-state index contributed by atoms with van der Waals surface area (Å²) in [6, 6.07) is 12.7. The maximum Gasteiger partial charge on any atom is 0.256 e. The van der Waals surface area contributed by atoms with Crippen LogP contribution in [0.15, 0.2) is 47.4 Å². The Morgan fingerprint density at radius 3 is 2.58 bits per heavy atom. The highest BCUT2D eigenvalue weighted by molar-refractivity contribution is 8.00. The molecule has 0 unspecified atom stereocenters. The van der Waals surface area contributed by atoms with Gasteiger partial charge in [0.15, 0.2) is 11.5 Å². The van der Waals surface area contributed by atoms with E-state index in [-0.39, 0.29) is 11.8 Å². The summed E-state index contributed by atoms with van der Waals surface area (Å²) in [5.74, 6) is 1.99. The molecule has 2 N–H and O–H groups in total. The minimum Gasteiger partial charge on any atom is -0.486 e. The summed E-state index contributed by atoms with van der Waals surface area (Å²) in [5, 5.41) is 5.97. The molecular formula is C24H28N2O4S. The van der Waals surface area contributed by atoms with E-state index in [4.69, 9.17) is 9.47 Å². The fraction of sp³-hybridized carbons (Fsp3) is 0.417. The molecule has 2 amide bonds. The Bertz CT molecular complexity index is 928. The van der Waals surface area contributed by atoms with Crippen LogP contribution in [0.2, 0.25) is 0 Å². The van der Waals surface area contributed by atoms with Crippen molar-refractivity contribution in [2.45, 2.75) is 37.0 Å². The van der Waals surface area contributed by atoms with E-state index >= 15 is 0 Å². The van der Waals surface area contributed by atoms with Gasteiger partial charge in [-0.25, -0.2) is 0 Å². The van der Waals surface area contributed by atoms with Crippen molar-refractivity contribution in [3.05, 3.63) is 48.0 Å². The van der Waals surface area contributed by atoms with E-state index in [0.29, 0.717) is 47.6 Å². The van der Waals surface area contributed by atoms with Crippen LogP contribution in [0, 0.1) is 5.92 Å². The first-order valence-electron chi connectivity index (χ1n) is 10.9. The largest absolute Gasteiger partial charge is 0.486 e. The maximum absolute atomic E-state index is 12.9. The van der Waals surface area contributed by atoms with Gasteiger partial charge in [-0.05, 0) is 43.0 Å². The Morgan fingerprint density at radius 1 is 0.968 bits per heavy atom. The van der Waals surface area contributed by atoms with Gasteiger partial charge < -0.3 is 20.1 Å². The molecule has 1 heterocycles. The fourth-order valence-corrected chi connectivity index (χ4v) is 4.82. The number of hydrogen-bond donors (Lipinski definition) is 2. The molecule has 7 heteroatoms. The van der Waals surface area contributed by atoms with Gasteiger partial charge in [-0.15, -0.1) is 11.8 Å². The molecule has 6 nitrogen and oxygen atoms in total. The zero-order valence-electron chi connectivity index (χ0n) is 17.5. The van der Waals surface area contributed by atoms with Crippen LogP contribution in [0.3, 0.4) is 0 Å². The number of benzene rings is 2. The molecule has 4 rings (SSSR count). The number of thioether (sulfide) groups is 1. The number of carbonyl (C=O) groups is 2. The summed E-state index contributed by atoms with van der Waals surface area (Å²) >= 11 is 1.39. The van der Waals surface area contributed by atoms with Crippen molar-refractivity contribution in [2.75, 3.05) is 30.8 Å². The van der Waals surface area contributed by atoms with Crippen LogP contribution in [0.4, 0.5) is 5.69 Å². The number of amides is 2. The fourth-order valence-electron chi connectivity index (χ4n) is 3.94. The second-order valence-corrected chi connectivity index (χ2v) is 8.92. The van der Waals surface area contributed by atoms with Crippen molar-refractivity contribution in [3.63, 3.8) is 0 Å². The summed E-state index contributed by atoms with van der Waals surface area (Å²) < 4.78 is 11.1. The Labute approximate surface area is 187 Å². The van der Waals surface area contributed by atoms with Crippen molar-refractivity contribution in [1.29, 1.82) is 0 Å². The van der Waals surface area contributed by atoms with Crippen LogP contribution < -0.4 is 20.1 Å². The predicted octanol–water partition coefficient (Wildman–Crippen LogP) is 4.50. The molecule has 0 atom stereocenters. The summed E-state index contributed by atoms with van der Waals surface area (Å²) in [5.41, 5.74) is 1.18. The molecule has 31 heavy (non-hydrogen) atoms. The summed E-state index contributed by atoms with van der Waals surface area (Å²) in [6.07, 6.45) is 6.25. The number of fused-ring (bicyclic) bond motifs is 1. The van der Waals surface area contributed by atoms with Crippen LogP contribution in [0.1, 0.15) is 42.5 Å². The molecule has 2 aliphatic rings. The number of carbonyl (C=O) groups excluding carboxylic acids is 2. The summed E-state index contributed by atoms with van der Waals surface area (Å²) in [4.78, 5) is 26.0. The predicted molar refractivity (Wildman–Crippen MR) is 122 cm³/mol. The lowest BCUT2D eigenvalue weighted by Gasteiger charge is -2.21. The van der Waals surface area contributed by atoms with E-state index < -0.39 is 0 Å². The van der Waals surface area contributed by atoms with E-state index in [0.717, 1.165) is 11.4 Å². The first kappa shape index (κ1) is 21.6. The van der Waals surface area contributed by atoms with Crippen LogP contribution in [0.25, 0.3) is 0 Å². The van der Waals surface area contributed by atoms with E-state index in [9.17, 15) is 9.59 Å². The lowest BCUT2D eigenvalue weighted by molar-refractivity contribution is -0.118. The zero-order chi connectivity index (χ0) is 21.5. The molecule has 0 radical (unpaired) electrons. The minimum absolute atomic E-state index is 0.0117. The van der Waals surface area contributed by atoms with Crippen molar-refractivity contribution in [3.8, 4) is 11.5 Å². The molecule has 1 aliphatic heterocycles. The maximum atomic E-state index is 12.9. The Kier molecular flexibility index (Phi) is 7.35. The lowest BCUT2D eigenvalue weighted by atomic mass is 9.89. The molecular weight excluding hydrogens is 412 g/mol. The Balaban J connectivity index is 1.33. The second-order valence-electron chi connectivity index (χ2n) is 7.91.